The highest BCUT2D eigenvalue weighted by Crippen LogP contribution is 2.28. The first-order chi connectivity index (χ1) is 7.70. The summed E-state index contributed by atoms with van der Waals surface area (Å²) in [5, 5.41) is 11.9. The Hall–Kier alpha value is -1.33. The van der Waals surface area contributed by atoms with Crippen molar-refractivity contribution in [2.24, 2.45) is 7.05 Å². The fraction of sp³-hybridized carbons (Fsp3) is 0.364. The number of methoxy groups -OCH3 is 1. The third-order valence-corrected chi connectivity index (χ3v) is 3.47. The molecule has 4 nitrogen and oxygen atoms in total. The number of thiophene rings is 1. The molecule has 0 aromatic carbocycles. The number of hydrogen-bond acceptors (Lipinski definition) is 4. The minimum atomic E-state index is -0.519. The molecule has 0 aliphatic carbocycles. The van der Waals surface area contributed by atoms with Crippen molar-refractivity contribution in [1.29, 1.82) is 0 Å². The zero-order chi connectivity index (χ0) is 11.5. The molecule has 2 rings (SSSR count). The Balaban J connectivity index is 2.08. The van der Waals surface area contributed by atoms with Crippen LogP contribution in [0.1, 0.15) is 16.8 Å². The highest BCUT2D eigenvalue weighted by Gasteiger charge is 2.13. The van der Waals surface area contributed by atoms with Crippen LogP contribution in [0.2, 0.25) is 0 Å². The fourth-order valence-electron chi connectivity index (χ4n) is 1.48. The summed E-state index contributed by atoms with van der Waals surface area (Å²) in [4.78, 5) is 5.09. The molecule has 0 aliphatic rings. The van der Waals surface area contributed by atoms with Gasteiger partial charge in [-0.05, 0) is 6.07 Å². The van der Waals surface area contributed by atoms with E-state index in [9.17, 15) is 5.11 Å². The van der Waals surface area contributed by atoms with Gasteiger partial charge in [-0.25, -0.2) is 4.98 Å². The van der Waals surface area contributed by atoms with Crippen molar-refractivity contribution in [3.63, 3.8) is 0 Å². The molecule has 2 heterocycles. The second-order valence-corrected chi connectivity index (χ2v) is 4.51. The molecular weight excluding hydrogens is 224 g/mol. The van der Waals surface area contributed by atoms with E-state index >= 15 is 0 Å². The van der Waals surface area contributed by atoms with E-state index in [4.69, 9.17) is 4.74 Å². The van der Waals surface area contributed by atoms with Crippen LogP contribution < -0.4 is 4.74 Å². The summed E-state index contributed by atoms with van der Waals surface area (Å²) in [5.74, 6) is 1.67. The van der Waals surface area contributed by atoms with Crippen molar-refractivity contribution in [1.82, 2.24) is 9.55 Å². The molecule has 1 N–H and O–H groups in total. The number of aryl methyl sites for hydroxylation is 1. The summed E-state index contributed by atoms with van der Waals surface area (Å²) in [5.41, 5.74) is 0. The molecule has 0 bridgehead atoms. The zero-order valence-corrected chi connectivity index (χ0v) is 10.1. The van der Waals surface area contributed by atoms with Crippen molar-refractivity contribution in [3.05, 3.63) is 34.5 Å². The van der Waals surface area contributed by atoms with Crippen LogP contribution in [0.5, 0.6) is 5.75 Å². The predicted octanol–water partition coefficient (Wildman–Crippen LogP) is 1.77. The van der Waals surface area contributed by atoms with E-state index in [1.807, 2.05) is 29.3 Å². The Bertz CT molecular complexity index is 464. The number of aliphatic hydroxyl groups excluding tert-OH is 1. The van der Waals surface area contributed by atoms with Crippen LogP contribution in [-0.4, -0.2) is 21.8 Å². The van der Waals surface area contributed by atoms with Crippen molar-refractivity contribution in [2.75, 3.05) is 7.11 Å². The summed E-state index contributed by atoms with van der Waals surface area (Å²) in [7, 11) is 3.54. The molecule has 0 radical (unpaired) electrons. The van der Waals surface area contributed by atoms with E-state index in [1.165, 1.54) is 11.3 Å². The van der Waals surface area contributed by atoms with Crippen molar-refractivity contribution in [3.8, 4) is 5.75 Å². The molecule has 0 amide bonds. The molecule has 1 atom stereocenters. The van der Waals surface area contributed by atoms with E-state index < -0.39 is 6.10 Å². The van der Waals surface area contributed by atoms with Gasteiger partial charge < -0.3 is 14.4 Å². The molecule has 2 aromatic heterocycles. The van der Waals surface area contributed by atoms with E-state index in [1.54, 1.807) is 13.3 Å². The Morgan fingerprint density at radius 2 is 2.44 bits per heavy atom. The van der Waals surface area contributed by atoms with Crippen molar-refractivity contribution >= 4 is 11.3 Å². The second kappa shape index (κ2) is 4.67. The number of nitrogens with zero attached hydrogens (tertiary/aromatic N) is 2. The molecule has 0 fully saturated rings. The Labute approximate surface area is 98.1 Å². The Morgan fingerprint density at radius 3 is 3.00 bits per heavy atom. The van der Waals surface area contributed by atoms with Crippen LogP contribution in [0, 0.1) is 0 Å². The highest BCUT2D eigenvalue weighted by molar-refractivity contribution is 7.10. The lowest BCUT2D eigenvalue weighted by molar-refractivity contribution is 0.178. The van der Waals surface area contributed by atoms with Crippen LogP contribution in [0.3, 0.4) is 0 Å². The number of rotatable bonds is 4. The number of hydrogen-bond donors (Lipinski definition) is 1. The number of imidazole rings is 1. The van der Waals surface area contributed by atoms with Gasteiger partial charge in [-0.2, -0.15) is 0 Å². The third-order valence-electron chi connectivity index (χ3n) is 2.46. The second-order valence-electron chi connectivity index (χ2n) is 3.56. The van der Waals surface area contributed by atoms with E-state index in [0.29, 0.717) is 6.42 Å². The molecule has 16 heavy (non-hydrogen) atoms. The highest BCUT2D eigenvalue weighted by atomic mass is 32.1. The summed E-state index contributed by atoms with van der Waals surface area (Å²) < 4.78 is 6.99. The van der Waals surface area contributed by atoms with Gasteiger partial charge in [-0.1, -0.05) is 0 Å². The number of ether oxygens (including phenoxy) is 1. The minimum Gasteiger partial charge on any atom is -0.496 e. The molecule has 86 valence electrons. The molecule has 0 saturated carbocycles. The van der Waals surface area contributed by atoms with E-state index in [0.717, 1.165) is 16.5 Å². The van der Waals surface area contributed by atoms with E-state index in [-0.39, 0.29) is 0 Å². The quantitative estimate of drug-likeness (QED) is 0.883. The SMILES string of the molecule is COc1csc(C(O)Cc2nccn2C)c1. The molecule has 1 unspecified atom stereocenters. The summed E-state index contributed by atoms with van der Waals surface area (Å²) >= 11 is 1.50. The average molecular weight is 238 g/mol. The maximum Gasteiger partial charge on any atom is 0.129 e. The van der Waals surface area contributed by atoms with Gasteiger partial charge in [0.05, 0.1) is 13.2 Å². The topological polar surface area (TPSA) is 47.3 Å². The standard InChI is InChI=1S/C11H14N2O2S/c1-13-4-3-12-11(13)6-9(14)10-5-8(15-2)7-16-10/h3-5,7,9,14H,6H2,1-2H3. The van der Waals surface area contributed by atoms with E-state index in [2.05, 4.69) is 4.98 Å². The smallest absolute Gasteiger partial charge is 0.129 e. The molecule has 2 aromatic rings. The number of aliphatic hydroxyl groups is 1. The summed E-state index contributed by atoms with van der Waals surface area (Å²) in [6.07, 6.45) is 3.61. The van der Waals surface area contributed by atoms with Gasteiger partial charge in [0, 0.05) is 36.1 Å². The zero-order valence-electron chi connectivity index (χ0n) is 9.25. The fourth-order valence-corrected chi connectivity index (χ4v) is 2.32. The van der Waals surface area contributed by atoms with Crippen LogP contribution in [0.25, 0.3) is 0 Å². The maximum atomic E-state index is 10.0. The van der Waals surface area contributed by atoms with Crippen LogP contribution >= 0.6 is 11.3 Å². The van der Waals surface area contributed by atoms with Gasteiger partial charge in [0.15, 0.2) is 0 Å². The maximum absolute atomic E-state index is 10.0. The van der Waals surface area contributed by atoms with Crippen molar-refractivity contribution in [2.45, 2.75) is 12.5 Å². The minimum absolute atomic E-state index is 0.519. The van der Waals surface area contributed by atoms with Crippen LogP contribution in [0.15, 0.2) is 23.8 Å². The van der Waals surface area contributed by atoms with Crippen LogP contribution in [-0.2, 0) is 13.5 Å². The Kier molecular flexibility index (Phi) is 3.26. The van der Waals surface area contributed by atoms with Crippen molar-refractivity contribution < 1.29 is 9.84 Å². The number of aromatic nitrogens is 2. The summed E-state index contributed by atoms with van der Waals surface area (Å²) in [6.45, 7) is 0. The normalized spacial score (nSPS) is 12.7. The molecule has 0 spiro atoms. The van der Waals surface area contributed by atoms with Gasteiger partial charge >= 0.3 is 0 Å². The molecule has 0 saturated heterocycles. The van der Waals surface area contributed by atoms with Gasteiger partial charge in [0.2, 0.25) is 0 Å². The van der Waals surface area contributed by atoms with Gasteiger partial charge in [-0.15, -0.1) is 11.3 Å². The van der Waals surface area contributed by atoms with Gasteiger partial charge in [0.25, 0.3) is 0 Å². The predicted molar refractivity (Wildman–Crippen MR) is 62.7 cm³/mol. The summed E-state index contributed by atoms with van der Waals surface area (Å²) in [6, 6.07) is 1.86. The lowest BCUT2D eigenvalue weighted by Crippen LogP contribution is -2.05. The third kappa shape index (κ3) is 2.25. The first kappa shape index (κ1) is 11.2. The molecule has 0 aliphatic heterocycles. The van der Waals surface area contributed by atoms with Gasteiger partial charge in [0.1, 0.15) is 11.6 Å². The average Bonchev–Trinajstić information content (AvgIpc) is 2.88. The Morgan fingerprint density at radius 1 is 1.62 bits per heavy atom. The van der Waals surface area contributed by atoms with Crippen LogP contribution in [0.4, 0.5) is 0 Å². The first-order valence-corrected chi connectivity index (χ1v) is 5.85. The monoisotopic (exact) mass is 238 g/mol. The molecular formula is C11H14N2O2S. The largest absolute Gasteiger partial charge is 0.496 e. The lowest BCUT2D eigenvalue weighted by atomic mass is 10.2. The lowest BCUT2D eigenvalue weighted by Gasteiger charge is -2.07. The first-order valence-electron chi connectivity index (χ1n) is 4.97. The molecule has 5 heteroatoms. The van der Waals surface area contributed by atoms with Gasteiger partial charge in [-0.3, -0.25) is 0 Å².